The zero-order chi connectivity index (χ0) is 14.8. The van der Waals surface area contributed by atoms with Gasteiger partial charge in [-0.25, -0.2) is 4.39 Å². The summed E-state index contributed by atoms with van der Waals surface area (Å²) in [7, 11) is 0. The number of hydrogen-bond acceptors (Lipinski definition) is 2. The van der Waals surface area contributed by atoms with E-state index in [1.807, 2.05) is 12.1 Å². The third-order valence-corrected chi connectivity index (χ3v) is 5.24. The molecule has 112 valence electrons. The summed E-state index contributed by atoms with van der Waals surface area (Å²) in [6.07, 6.45) is 5.56. The molecule has 1 aromatic carbocycles. The summed E-state index contributed by atoms with van der Waals surface area (Å²) < 4.78 is 14.8. The second kappa shape index (κ2) is 6.54. The number of rotatable bonds is 4. The summed E-state index contributed by atoms with van der Waals surface area (Å²) in [6, 6.07) is 5.38. The van der Waals surface area contributed by atoms with Gasteiger partial charge in [-0.3, -0.25) is 11.3 Å². The normalized spacial score (nSPS) is 23.6. The van der Waals surface area contributed by atoms with Crippen molar-refractivity contribution in [2.75, 3.05) is 0 Å². The van der Waals surface area contributed by atoms with Gasteiger partial charge in [0, 0.05) is 10.5 Å². The Hall–Kier alpha value is -0.450. The van der Waals surface area contributed by atoms with Crippen molar-refractivity contribution in [1.82, 2.24) is 5.43 Å². The first kappa shape index (κ1) is 15.9. The minimum Gasteiger partial charge on any atom is -0.271 e. The Morgan fingerprint density at radius 2 is 2.20 bits per heavy atom. The minimum absolute atomic E-state index is 0.126. The average molecular weight is 343 g/mol. The van der Waals surface area contributed by atoms with Gasteiger partial charge >= 0.3 is 0 Å². The molecule has 0 amide bonds. The summed E-state index contributed by atoms with van der Waals surface area (Å²) >= 11 is 3.29. The number of nitrogens with one attached hydrogen (secondary N) is 1. The fraction of sp³-hybridized carbons (Fsp3) is 0.625. The quantitative estimate of drug-likeness (QED) is 0.636. The number of nitrogens with two attached hydrogens (primary N) is 1. The Morgan fingerprint density at radius 1 is 1.45 bits per heavy atom. The Kier molecular flexibility index (Phi) is 5.21. The molecule has 0 radical (unpaired) electrons. The van der Waals surface area contributed by atoms with E-state index in [-0.39, 0.29) is 17.3 Å². The van der Waals surface area contributed by atoms with E-state index in [0.717, 1.165) is 10.0 Å². The van der Waals surface area contributed by atoms with E-state index in [9.17, 15) is 4.39 Å². The zero-order valence-electron chi connectivity index (χ0n) is 12.3. The maximum absolute atomic E-state index is 14.0. The van der Waals surface area contributed by atoms with Gasteiger partial charge in [-0.1, -0.05) is 48.7 Å². The average Bonchev–Trinajstić information content (AvgIpc) is 2.38. The van der Waals surface area contributed by atoms with Gasteiger partial charge in [0.2, 0.25) is 0 Å². The van der Waals surface area contributed by atoms with Gasteiger partial charge < -0.3 is 0 Å². The lowest BCUT2D eigenvalue weighted by Crippen LogP contribution is -2.48. The number of hydrogen-bond donors (Lipinski definition) is 2. The molecule has 1 aromatic rings. The van der Waals surface area contributed by atoms with E-state index < -0.39 is 0 Å². The van der Waals surface area contributed by atoms with Crippen LogP contribution in [-0.4, -0.2) is 6.04 Å². The van der Waals surface area contributed by atoms with Crippen molar-refractivity contribution < 1.29 is 4.39 Å². The van der Waals surface area contributed by atoms with Crippen LogP contribution in [0, 0.1) is 17.2 Å². The smallest absolute Gasteiger partial charge is 0.127 e. The number of benzene rings is 1. The summed E-state index contributed by atoms with van der Waals surface area (Å²) in [5, 5.41) is 0. The maximum atomic E-state index is 14.0. The number of hydrazine groups is 1. The highest BCUT2D eigenvalue weighted by Gasteiger charge is 2.37. The van der Waals surface area contributed by atoms with E-state index in [4.69, 9.17) is 5.84 Å². The lowest BCUT2D eigenvalue weighted by molar-refractivity contribution is 0.0978. The molecule has 0 spiro atoms. The van der Waals surface area contributed by atoms with Gasteiger partial charge in [0.25, 0.3) is 0 Å². The van der Waals surface area contributed by atoms with Crippen molar-refractivity contribution in [2.24, 2.45) is 17.2 Å². The first-order valence-electron chi connectivity index (χ1n) is 7.34. The summed E-state index contributed by atoms with van der Waals surface area (Å²) in [5.74, 6) is 6.10. The van der Waals surface area contributed by atoms with Gasteiger partial charge in [-0.05, 0) is 48.3 Å². The van der Waals surface area contributed by atoms with Crippen molar-refractivity contribution in [3.63, 3.8) is 0 Å². The van der Waals surface area contributed by atoms with Gasteiger partial charge in [-0.2, -0.15) is 0 Å². The fourth-order valence-electron chi connectivity index (χ4n) is 3.51. The first-order chi connectivity index (χ1) is 9.44. The van der Waals surface area contributed by atoms with Crippen LogP contribution >= 0.6 is 15.9 Å². The monoisotopic (exact) mass is 342 g/mol. The predicted octanol–water partition coefficient (Wildman–Crippen LogP) is 4.18. The van der Waals surface area contributed by atoms with Crippen LogP contribution in [0.1, 0.15) is 45.1 Å². The van der Waals surface area contributed by atoms with Gasteiger partial charge in [0.15, 0.2) is 0 Å². The zero-order valence-corrected chi connectivity index (χ0v) is 13.8. The lowest BCUT2D eigenvalue weighted by atomic mass is 9.65. The van der Waals surface area contributed by atoms with Crippen molar-refractivity contribution in [3.8, 4) is 0 Å². The van der Waals surface area contributed by atoms with Crippen LogP contribution in [0.4, 0.5) is 4.39 Å². The third kappa shape index (κ3) is 3.60. The van der Waals surface area contributed by atoms with Gasteiger partial charge in [-0.15, -0.1) is 0 Å². The van der Waals surface area contributed by atoms with Crippen LogP contribution in [0.5, 0.6) is 0 Å². The van der Waals surface area contributed by atoms with Crippen molar-refractivity contribution in [3.05, 3.63) is 34.1 Å². The largest absolute Gasteiger partial charge is 0.271 e. The molecule has 4 heteroatoms. The molecule has 3 N–H and O–H groups in total. The molecular formula is C16H24BrFN2. The van der Waals surface area contributed by atoms with Crippen LogP contribution in [0.2, 0.25) is 0 Å². The molecule has 20 heavy (non-hydrogen) atoms. The molecule has 0 bridgehead atoms. The van der Waals surface area contributed by atoms with Crippen LogP contribution in [0.25, 0.3) is 0 Å². The van der Waals surface area contributed by atoms with Crippen LogP contribution < -0.4 is 11.3 Å². The molecule has 2 nitrogen and oxygen atoms in total. The highest BCUT2D eigenvalue weighted by molar-refractivity contribution is 9.10. The predicted molar refractivity (Wildman–Crippen MR) is 84.7 cm³/mol. The van der Waals surface area contributed by atoms with E-state index >= 15 is 0 Å². The highest BCUT2D eigenvalue weighted by Crippen LogP contribution is 2.42. The standard InChI is InChI=1S/C16H24BrFN2/c1-16(2)8-4-3-5-13(16)15(20-19)9-11-6-7-12(17)10-14(11)18/h6-7,10,13,15,20H,3-5,8-9,19H2,1-2H3. The molecule has 0 aromatic heterocycles. The second-order valence-corrected chi connectivity index (χ2v) is 7.47. The molecule has 1 aliphatic carbocycles. The third-order valence-electron chi connectivity index (χ3n) is 4.74. The van der Waals surface area contributed by atoms with Crippen LogP contribution in [0.3, 0.4) is 0 Å². The SMILES string of the molecule is CC1(C)CCCCC1C(Cc1ccc(Br)cc1F)NN. The Morgan fingerprint density at radius 3 is 2.80 bits per heavy atom. The first-order valence-corrected chi connectivity index (χ1v) is 8.13. The van der Waals surface area contributed by atoms with E-state index in [1.54, 1.807) is 0 Å². The Bertz CT molecular complexity index is 462. The van der Waals surface area contributed by atoms with Crippen molar-refractivity contribution in [2.45, 2.75) is 52.0 Å². The van der Waals surface area contributed by atoms with E-state index in [0.29, 0.717) is 12.3 Å². The molecule has 0 heterocycles. The molecular weight excluding hydrogens is 319 g/mol. The van der Waals surface area contributed by atoms with E-state index in [2.05, 4.69) is 35.2 Å². The highest BCUT2D eigenvalue weighted by atomic mass is 79.9. The lowest BCUT2D eigenvalue weighted by Gasteiger charge is -2.43. The summed E-state index contributed by atoms with van der Waals surface area (Å²) in [4.78, 5) is 0. The Balaban J connectivity index is 2.15. The summed E-state index contributed by atoms with van der Waals surface area (Å²) in [5.41, 5.74) is 3.94. The van der Waals surface area contributed by atoms with E-state index in [1.165, 1.54) is 31.7 Å². The molecule has 1 fully saturated rings. The minimum atomic E-state index is -0.159. The van der Waals surface area contributed by atoms with Crippen LogP contribution in [0.15, 0.2) is 22.7 Å². The molecule has 2 unspecified atom stereocenters. The molecule has 1 saturated carbocycles. The van der Waals surface area contributed by atoms with Gasteiger partial charge in [0.05, 0.1) is 0 Å². The molecule has 1 aliphatic rings. The molecule has 0 saturated heterocycles. The van der Waals surface area contributed by atoms with Crippen LogP contribution in [-0.2, 0) is 6.42 Å². The van der Waals surface area contributed by atoms with Crippen molar-refractivity contribution in [1.29, 1.82) is 0 Å². The molecule has 0 aliphatic heterocycles. The van der Waals surface area contributed by atoms with Crippen molar-refractivity contribution >= 4 is 15.9 Å². The fourth-order valence-corrected chi connectivity index (χ4v) is 3.84. The molecule has 2 rings (SSSR count). The second-order valence-electron chi connectivity index (χ2n) is 6.55. The van der Waals surface area contributed by atoms with Gasteiger partial charge in [0.1, 0.15) is 5.82 Å². The molecule has 2 atom stereocenters. The Labute approximate surface area is 129 Å². The summed E-state index contributed by atoms with van der Waals surface area (Å²) in [6.45, 7) is 4.61. The maximum Gasteiger partial charge on any atom is 0.127 e. The topological polar surface area (TPSA) is 38.0 Å². The number of halogens is 2.